The summed E-state index contributed by atoms with van der Waals surface area (Å²) < 4.78 is 6.13. The number of hydrogen-bond donors (Lipinski definition) is 1. The molecule has 0 aliphatic carbocycles. The van der Waals surface area contributed by atoms with Crippen LogP contribution in [0.3, 0.4) is 0 Å². The molecule has 30 heavy (non-hydrogen) atoms. The standard InChI is InChI=1S/C23H27Cl2N3OS/c24-21-7-6-20(16-22(21)25)29-19-10-14-27(15-11-19)18-8-12-28(13-9-18)23(30)26-17-4-2-1-3-5-17/h1-7,16,18-19H,8-15H2,(H,26,30). The second kappa shape index (κ2) is 10.2. The molecule has 2 aromatic rings. The number of para-hydroxylation sites is 1. The van der Waals surface area contributed by atoms with Gasteiger partial charge in [0.05, 0.1) is 10.0 Å². The van der Waals surface area contributed by atoms with Crippen LogP contribution >= 0.6 is 35.4 Å². The number of rotatable bonds is 4. The monoisotopic (exact) mass is 463 g/mol. The SMILES string of the molecule is S=C(Nc1ccccc1)N1CCC(N2CCC(Oc3ccc(Cl)c(Cl)c3)CC2)CC1. The van der Waals surface area contributed by atoms with Gasteiger partial charge in [0.15, 0.2) is 5.11 Å². The molecule has 160 valence electrons. The minimum Gasteiger partial charge on any atom is -0.490 e. The van der Waals surface area contributed by atoms with E-state index in [0.29, 0.717) is 16.1 Å². The Morgan fingerprint density at radius 3 is 2.27 bits per heavy atom. The van der Waals surface area contributed by atoms with Gasteiger partial charge in [-0.1, -0.05) is 41.4 Å². The average Bonchev–Trinajstić information content (AvgIpc) is 2.78. The number of anilines is 1. The van der Waals surface area contributed by atoms with Crippen molar-refractivity contribution in [2.75, 3.05) is 31.5 Å². The first kappa shape index (κ1) is 21.7. The fourth-order valence-electron chi connectivity index (χ4n) is 4.26. The molecular weight excluding hydrogens is 437 g/mol. The molecular formula is C23H27Cl2N3OS. The molecule has 2 heterocycles. The second-order valence-corrected chi connectivity index (χ2v) is 9.14. The first-order valence-electron chi connectivity index (χ1n) is 10.6. The van der Waals surface area contributed by atoms with Gasteiger partial charge in [-0.3, -0.25) is 4.90 Å². The van der Waals surface area contributed by atoms with E-state index in [9.17, 15) is 0 Å². The van der Waals surface area contributed by atoms with Crippen molar-refractivity contribution >= 4 is 46.2 Å². The lowest BCUT2D eigenvalue weighted by Crippen LogP contribution is -2.50. The first-order valence-corrected chi connectivity index (χ1v) is 11.7. The lowest BCUT2D eigenvalue weighted by molar-refractivity contribution is 0.0575. The zero-order valence-corrected chi connectivity index (χ0v) is 19.2. The normalized spacial score (nSPS) is 18.9. The summed E-state index contributed by atoms with van der Waals surface area (Å²) in [6.45, 7) is 4.15. The van der Waals surface area contributed by atoms with Crippen molar-refractivity contribution in [2.24, 2.45) is 0 Å². The second-order valence-electron chi connectivity index (χ2n) is 7.94. The summed E-state index contributed by atoms with van der Waals surface area (Å²) in [5.41, 5.74) is 1.05. The molecule has 2 saturated heterocycles. The van der Waals surface area contributed by atoms with Gasteiger partial charge in [-0.15, -0.1) is 0 Å². The van der Waals surface area contributed by atoms with Crippen LogP contribution in [0.1, 0.15) is 25.7 Å². The van der Waals surface area contributed by atoms with E-state index >= 15 is 0 Å². The smallest absolute Gasteiger partial charge is 0.173 e. The Labute approximate surface area is 194 Å². The largest absolute Gasteiger partial charge is 0.490 e. The number of hydrogen-bond acceptors (Lipinski definition) is 3. The Bertz CT molecular complexity index is 851. The van der Waals surface area contributed by atoms with Crippen LogP contribution in [0.2, 0.25) is 10.0 Å². The van der Waals surface area contributed by atoms with E-state index in [1.54, 1.807) is 12.1 Å². The molecule has 2 aliphatic heterocycles. The highest BCUT2D eigenvalue weighted by Gasteiger charge is 2.29. The van der Waals surface area contributed by atoms with Crippen LogP contribution < -0.4 is 10.1 Å². The molecule has 0 aromatic heterocycles. The Hall–Kier alpha value is -1.53. The Balaban J connectivity index is 1.20. The summed E-state index contributed by atoms with van der Waals surface area (Å²) in [7, 11) is 0. The highest BCUT2D eigenvalue weighted by atomic mass is 35.5. The Morgan fingerprint density at radius 1 is 0.900 bits per heavy atom. The summed E-state index contributed by atoms with van der Waals surface area (Å²) in [4.78, 5) is 4.92. The molecule has 0 unspecified atom stereocenters. The van der Waals surface area contributed by atoms with Crippen LogP contribution in [0, 0.1) is 0 Å². The quantitative estimate of drug-likeness (QED) is 0.587. The Morgan fingerprint density at radius 2 is 1.60 bits per heavy atom. The number of halogens is 2. The molecule has 0 radical (unpaired) electrons. The minimum absolute atomic E-state index is 0.237. The number of piperidine rings is 2. The van der Waals surface area contributed by atoms with Gasteiger partial charge >= 0.3 is 0 Å². The van der Waals surface area contributed by atoms with E-state index in [1.807, 2.05) is 36.4 Å². The highest BCUT2D eigenvalue weighted by Crippen LogP contribution is 2.29. The molecule has 0 amide bonds. The molecule has 4 rings (SSSR count). The third-order valence-corrected chi connectivity index (χ3v) is 7.06. The van der Waals surface area contributed by atoms with Gasteiger partial charge in [-0.2, -0.15) is 0 Å². The lowest BCUT2D eigenvalue weighted by atomic mass is 9.99. The van der Waals surface area contributed by atoms with Crippen LogP contribution in [0.5, 0.6) is 5.75 Å². The van der Waals surface area contributed by atoms with Gasteiger partial charge in [0.1, 0.15) is 11.9 Å². The summed E-state index contributed by atoms with van der Waals surface area (Å²) in [5.74, 6) is 0.801. The molecule has 2 fully saturated rings. The summed E-state index contributed by atoms with van der Waals surface area (Å²) in [6.07, 6.45) is 4.61. The van der Waals surface area contributed by atoms with Crippen molar-refractivity contribution in [2.45, 2.75) is 37.8 Å². The van der Waals surface area contributed by atoms with E-state index in [4.69, 9.17) is 40.2 Å². The van der Waals surface area contributed by atoms with Crippen molar-refractivity contribution in [3.05, 3.63) is 58.6 Å². The molecule has 0 spiro atoms. The van der Waals surface area contributed by atoms with E-state index in [2.05, 4.69) is 15.1 Å². The number of likely N-dealkylation sites (tertiary alicyclic amines) is 2. The van der Waals surface area contributed by atoms with E-state index in [1.165, 1.54) is 0 Å². The zero-order chi connectivity index (χ0) is 20.9. The minimum atomic E-state index is 0.237. The maximum Gasteiger partial charge on any atom is 0.173 e. The highest BCUT2D eigenvalue weighted by molar-refractivity contribution is 7.80. The van der Waals surface area contributed by atoms with Gasteiger partial charge in [-0.25, -0.2) is 0 Å². The maximum atomic E-state index is 6.13. The number of thiocarbonyl (C=S) groups is 1. The van der Waals surface area contributed by atoms with Crippen molar-refractivity contribution < 1.29 is 4.74 Å². The van der Waals surface area contributed by atoms with Crippen LogP contribution in [0.15, 0.2) is 48.5 Å². The van der Waals surface area contributed by atoms with Crippen molar-refractivity contribution in [3.63, 3.8) is 0 Å². The van der Waals surface area contributed by atoms with Crippen molar-refractivity contribution in [1.29, 1.82) is 0 Å². The molecule has 0 saturated carbocycles. The number of ether oxygens (including phenoxy) is 1. The van der Waals surface area contributed by atoms with Crippen molar-refractivity contribution in [3.8, 4) is 5.75 Å². The maximum absolute atomic E-state index is 6.13. The third kappa shape index (κ3) is 5.58. The number of nitrogens with zero attached hydrogens (tertiary/aromatic N) is 2. The van der Waals surface area contributed by atoms with Crippen LogP contribution in [-0.2, 0) is 0 Å². The third-order valence-electron chi connectivity index (χ3n) is 5.96. The van der Waals surface area contributed by atoms with E-state index in [0.717, 1.165) is 68.4 Å². The van der Waals surface area contributed by atoms with Gasteiger partial charge < -0.3 is 15.0 Å². The fraction of sp³-hybridized carbons (Fsp3) is 0.435. The summed E-state index contributed by atoms with van der Waals surface area (Å²) in [5, 5.41) is 5.28. The molecule has 0 bridgehead atoms. The van der Waals surface area contributed by atoms with Crippen LogP contribution in [-0.4, -0.2) is 53.2 Å². The molecule has 0 atom stereocenters. The van der Waals surface area contributed by atoms with E-state index < -0.39 is 0 Å². The Kier molecular flexibility index (Phi) is 7.37. The van der Waals surface area contributed by atoms with Crippen molar-refractivity contribution in [1.82, 2.24) is 9.80 Å². The molecule has 7 heteroatoms. The molecule has 1 N–H and O–H groups in total. The first-order chi connectivity index (χ1) is 14.6. The van der Waals surface area contributed by atoms with Gasteiger partial charge in [0.25, 0.3) is 0 Å². The van der Waals surface area contributed by atoms with Crippen LogP contribution in [0.25, 0.3) is 0 Å². The molecule has 2 aromatic carbocycles. The molecule has 4 nitrogen and oxygen atoms in total. The lowest BCUT2D eigenvalue weighted by Gasteiger charge is -2.42. The fourth-order valence-corrected chi connectivity index (χ4v) is 4.85. The molecule has 2 aliphatic rings. The van der Waals surface area contributed by atoms with Gasteiger partial charge in [0, 0.05) is 44.0 Å². The average molecular weight is 464 g/mol. The zero-order valence-electron chi connectivity index (χ0n) is 16.9. The van der Waals surface area contributed by atoms with Gasteiger partial charge in [-0.05, 0) is 62.2 Å². The van der Waals surface area contributed by atoms with Crippen LogP contribution in [0.4, 0.5) is 5.69 Å². The topological polar surface area (TPSA) is 27.7 Å². The summed E-state index contributed by atoms with van der Waals surface area (Å²) in [6, 6.07) is 16.3. The number of benzene rings is 2. The number of nitrogens with one attached hydrogen (secondary N) is 1. The predicted octanol–water partition coefficient (Wildman–Crippen LogP) is 5.70. The summed E-state index contributed by atoms with van der Waals surface area (Å²) >= 11 is 17.7. The predicted molar refractivity (Wildman–Crippen MR) is 129 cm³/mol. The van der Waals surface area contributed by atoms with Gasteiger partial charge in [0.2, 0.25) is 0 Å². The van der Waals surface area contributed by atoms with E-state index in [-0.39, 0.29) is 6.10 Å².